The fourth-order valence-corrected chi connectivity index (χ4v) is 2.75. The van der Waals surface area contributed by atoms with Gasteiger partial charge in [-0.1, -0.05) is 11.6 Å². The molecule has 2 aromatic rings. The summed E-state index contributed by atoms with van der Waals surface area (Å²) in [6, 6.07) is 10.9. The average molecular weight is 346 g/mol. The van der Waals surface area contributed by atoms with E-state index in [4.69, 9.17) is 16.3 Å². The fraction of sp³-hybridized carbons (Fsp3) is 0.333. The van der Waals surface area contributed by atoms with Crippen LogP contribution in [-0.4, -0.2) is 30.6 Å². The molecule has 1 N–H and O–H groups in total. The van der Waals surface area contributed by atoms with Crippen molar-refractivity contribution in [2.45, 2.75) is 19.4 Å². The standard InChI is InChI=1S/C18H20ClN3O2/c19-15-3-5-16(6-4-15)24-13-18(23)21-12-14-7-8-20-17(11-14)22-9-1-2-10-22/h3-8,11H,1-2,9-10,12-13H2,(H,21,23). The largest absolute Gasteiger partial charge is 0.484 e. The summed E-state index contributed by atoms with van der Waals surface area (Å²) >= 11 is 5.81. The highest BCUT2D eigenvalue weighted by molar-refractivity contribution is 6.30. The van der Waals surface area contributed by atoms with Gasteiger partial charge in [-0.25, -0.2) is 4.98 Å². The maximum Gasteiger partial charge on any atom is 0.258 e. The van der Waals surface area contributed by atoms with Crippen LogP contribution in [-0.2, 0) is 11.3 Å². The van der Waals surface area contributed by atoms with Crippen molar-refractivity contribution in [2.24, 2.45) is 0 Å². The maximum absolute atomic E-state index is 11.9. The summed E-state index contributed by atoms with van der Waals surface area (Å²) in [6.07, 6.45) is 4.22. The number of carbonyl (C=O) groups excluding carboxylic acids is 1. The number of aromatic nitrogens is 1. The van der Waals surface area contributed by atoms with Crippen LogP contribution in [0.3, 0.4) is 0 Å². The van der Waals surface area contributed by atoms with E-state index in [9.17, 15) is 4.79 Å². The summed E-state index contributed by atoms with van der Waals surface area (Å²) in [5, 5.41) is 3.50. The topological polar surface area (TPSA) is 54.5 Å². The van der Waals surface area contributed by atoms with Gasteiger partial charge in [0, 0.05) is 30.9 Å². The van der Waals surface area contributed by atoms with Gasteiger partial charge in [-0.05, 0) is 54.8 Å². The highest BCUT2D eigenvalue weighted by atomic mass is 35.5. The van der Waals surface area contributed by atoms with Crippen LogP contribution < -0.4 is 15.0 Å². The monoisotopic (exact) mass is 345 g/mol. The highest BCUT2D eigenvalue weighted by Gasteiger charge is 2.13. The second kappa shape index (κ2) is 8.02. The van der Waals surface area contributed by atoms with Crippen LogP contribution in [0.15, 0.2) is 42.6 Å². The molecule has 0 aliphatic carbocycles. The second-order valence-corrected chi connectivity index (χ2v) is 6.17. The summed E-state index contributed by atoms with van der Waals surface area (Å²) in [6.45, 7) is 2.55. The lowest BCUT2D eigenvalue weighted by Crippen LogP contribution is -2.28. The number of rotatable bonds is 6. The molecule has 1 aliphatic heterocycles. The SMILES string of the molecule is O=C(COc1ccc(Cl)cc1)NCc1ccnc(N2CCCC2)c1. The van der Waals surface area contributed by atoms with E-state index in [-0.39, 0.29) is 12.5 Å². The van der Waals surface area contributed by atoms with Gasteiger partial charge in [0.25, 0.3) is 5.91 Å². The Bertz CT molecular complexity index is 685. The second-order valence-electron chi connectivity index (χ2n) is 5.74. The first-order chi connectivity index (χ1) is 11.7. The molecule has 1 fully saturated rings. The van der Waals surface area contributed by atoms with E-state index in [0.717, 1.165) is 24.5 Å². The Labute approximate surface area is 146 Å². The van der Waals surface area contributed by atoms with Gasteiger partial charge in [-0.15, -0.1) is 0 Å². The number of anilines is 1. The van der Waals surface area contributed by atoms with Gasteiger partial charge in [-0.2, -0.15) is 0 Å². The van der Waals surface area contributed by atoms with Gasteiger partial charge >= 0.3 is 0 Å². The molecule has 0 bridgehead atoms. The van der Waals surface area contributed by atoms with Crippen molar-refractivity contribution in [3.63, 3.8) is 0 Å². The van der Waals surface area contributed by atoms with Crippen molar-refractivity contribution in [3.8, 4) is 5.75 Å². The molecule has 2 heterocycles. The Morgan fingerprint density at radius 2 is 1.96 bits per heavy atom. The molecular weight excluding hydrogens is 326 g/mol. The summed E-state index contributed by atoms with van der Waals surface area (Å²) in [5.74, 6) is 1.44. The highest BCUT2D eigenvalue weighted by Crippen LogP contribution is 2.18. The van der Waals surface area contributed by atoms with Crippen molar-refractivity contribution in [1.29, 1.82) is 0 Å². The summed E-state index contributed by atoms with van der Waals surface area (Å²) < 4.78 is 5.42. The first-order valence-electron chi connectivity index (χ1n) is 8.06. The Balaban J connectivity index is 1.47. The van der Waals surface area contributed by atoms with E-state index in [1.165, 1.54) is 12.8 Å². The molecule has 0 unspecified atom stereocenters. The number of hydrogen-bond acceptors (Lipinski definition) is 4. The van der Waals surface area contributed by atoms with Gasteiger partial charge in [0.15, 0.2) is 6.61 Å². The van der Waals surface area contributed by atoms with Crippen LogP contribution in [0, 0.1) is 0 Å². The molecule has 1 aliphatic rings. The summed E-state index contributed by atoms with van der Waals surface area (Å²) in [7, 11) is 0. The number of ether oxygens (including phenoxy) is 1. The molecule has 0 atom stereocenters. The van der Waals surface area contributed by atoms with Crippen LogP contribution >= 0.6 is 11.6 Å². The number of carbonyl (C=O) groups is 1. The number of amides is 1. The maximum atomic E-state index is 11.9. The van der Waals surface area contributed by atoms with Crippen molar-refractivity contribution in [2.75, 3.05) is 24.6 Å². The quantitative estimate of drug-likeness (QED) is 0.874. The third-order valence-electron chi connectivity index (χ3n) is 3.91. The molecule has 1 amide bonds. The van der Waals surface area contributed by atoms with Gasteiger partial charge < -0.3 is 15.0 Å². The van der Waals surface area contributed by atoms with Gasteiger partial charge in [0.05, 0.1) is 0 Å². The molecule has 1 aromatic carbocycles. The predicted molar refractivity (Wildman–Crippen MR) is 94.5 cm³/mol. The molecule has 6 heteroatoms. The Kier molecular flexibility index (Phi) is 5.54. The molecule has 0 spiro atoms. The van der Waals surface area contributed by atoms with E-state index >= 15 is 0 Å². The number of nitrogens with one attached hydrogen (secondary N) is 1. The van der Waals surface area contributed by atoms with Gasteiger partial charge in [0.1, 0.15) is 11.6 Å². The fourth-order valence-electron chi connectivity index (χ4n) is 2.62. The zero-order valence-electron chi connectivity index (χ0n) is 13.4. The average Bonchev–Trinajstić information content (AvgIpc) is 3.14. The minimum Gasteiger partial charge on any atom is -0.484 e. The van der Waals surface area contributed by atoms with Crippen molar-refractivity contribution in [3.05, 3.63) is 53.2 Å². The lowest BCUT2D eigenvalue weighted by Gasteiger charge is -2.17. The normalized spacial score (nSPS) is 13.8. The van der Waals surface area contributed by atoms with Crippen LogP contribution in [0.5, 0.6) is 5.75 Å². The number of hydrogen-bond donors (Lipinski definition) is 1. The van der Waals surface area contributed by atoms with Crippen molar-refractivity contribution < 1.29 is 9.53 Å². The summed E-state index contributed by atoms with van der Waals surface area (Å²) in [4.78, 5) is 18.6. The predicted octanol–water partition coefficient (Wildman–Crippen LogP) is 3.03. The minimum atomic E-state index is -0.163. The number of nitrogens with zero attached hydrogens (tertiary/aromatic N) is 2. The molecule has 24 heavy (non-hydrogen) atoms. The first kappa shape index (κ1) is 16.6. The van der Waals surface area contributed by atoms with E-state index in [0.29, 0.717) is 17.3 Å². The van der Waals surface area contributed by atoms with Gasteiger partial charge in [0.2, 0.25) is 0 Å². The van der Waals surface area contributed by atoms with E-state index < -0.39 is 0 Å². The van der Waals surface area contributed by atoms with Gasteiger partial charge in [-0.3, -0.25) is 4.79 Å². The lowest BCUT2D eigenvalue weighted by atomic mass is 10.2. The van der Waals surface area contributed by atoms with Crippen LogP contribution in [0.2, 0.25) is 5.02 Å². The number of benzene rings is 1. The molecular formula is C18H20ClN3O2. The third kappa shape index (κ3) is 4.61. The lowest BCUT2D eigenvalue weighted by molar-refractivity contribution is -0.123. The molecule has 5 nitrogen and oxygen atoms in total. The first-order valence-corrected chi connectivity index (χ1v) is 8.43. The number of pyridine rings is 1. The zero-order chi connectivity index (χ0) is 16.8. The smallest absolute Gasteiger partial charge is 0.258 e. The molecule has 126 valence electrons. The Morgan fingerprint density at radius 1 is 1.21 bits per heavy atom. The van der Waals surface area contributed by atoms with E-state index in [1.807, 2.05) is 12.1 Å². The van der Waals surface area contributed by atoms with E-state index in [2.05, 4.69) is 15.2 Å². The molecule has 1 aromatic heterocycles. The minimum absolute atomic E-state index is 0.0221. The molecule has 1 saturated heterocycles. The third-order valence-corrected chi connectivity index (χ3v) is 4.17. The number of halogens is 1. The van der Waals surface area contributed by atoms with Crippen LogP contribution in [0.1, 0.15) is 18.4 Å². The molecule has 3 rings (SSSR count). The Hall–Kier alpha value is -2.27. The van der Waals surface area contributed by atoms with E-state index in [1.54, 1.807) is 30.5 Å². The zero-order valence-corrected chi connectivity index (χ0v) is 14.1. The van der Waals surface area contributed by atoms with Crippen LogP contribution in [0.25, 0.3) is 0 Å². The van der Waals surface area contributed by atoms with Crippen LogP contribution in [0.4, 0.5) is 5.82 Å². The van der Waals surface area contributed by atoms with Crippen molar-refractivity contribution in [1.82, 2.24) is 10.3 Å². The van der Waals surface area contributed by atoms with Crippen molar-refractivity contribution >= 4 is 23.3 Å². The molecule has 0 radical (unpaired) electrons. The summed E-state index contributed by atoms with van der Waals surface area (Å²) in [5.41, 5.74) is 1.03. The Morgan fingerprint density at radius 3 is 2.71 bits per heavy atom. The molecule has 0 saturated carbocycles.